The molecule has 5 heteroatoms. The molecule has 1 heterocycles. The third kappa shape index (κ3) is 3.67. The molecule has 110 valence electrons. The van der Waals surface area contributed by atoms with Crippen molar-refractivity contribution < 1.29 is 9.53 Å². The van der Waals surface area contributed by atoms with E-state index in [0.717, 1.165) is 35.8 Å². The standard InChI is InChI=1S/C15H22N2O2S/c1-3-12(11-6-4-5-7-14(11)19-2)17-15(18)13-10-20-9-8-16-13/h4-7,12-13,16H,3,8-10H2,1-2H3,(H,17,18). The zero-order valence-corrected chi connectivity index (χ0v) is 12.8. The summed E-state index contributed by atoms with van der Waals surface area (Å²) in [5, 5.41) is 6.40. The summed E-state index contributed by atoms with van der Waals surface area (Å²) in [5.41, 5.74) is 1.04. The Morgan fingerprint density at radius 1 is 1.55 bits per heavy atom. The Labute approximate surface area is 124 Å². The van der Waals surface area contributed by atoms with Crippen molar-refractivity contribution in [2.24, 2.45) is 0 Å². The van der Waals surface area contributed by atoms with Crippen LogP contribution < -0.4 is 15.4 Å². The molecule has 0 saturated carbocycles. The van der Waals surface area contributed by atoms with Gasteiger partial charge in [0.05, 0.1) is 19.2 Å². The van der Waals surface area contributed by atoms with Gasteiger partial charge in [-0.3, -0.25) is 4.79 Å². The van der Waals surface area contributed by atoms with Gasteiger partial charge in [0.2, 0.25) is 5.91 Å². The Bertz CT molecular complexity index is 447. The minimum absolute atomic E-state index is 0.00706. The number of nitrogens with one attached hydrogen (secondary N) is 2. The van der Waals surface area contributed by atoms with Crippen molar-refractivity contribution in [2.75, 3.05) is 25.2 Å². The van der Waals surface area contributed by atoms with E-state index in [4.69, 9.17) is 4.74 Å². The number of hydrogen-bond acceptors (Lipinski definition) is 4. The van der Waals surface area contributed by atoms with Crippen molar-refractivity contribution in [3.05, 3.63) is 29.8 Å². The number of rotatable bonds is 5. The Kier molecular flexibility index (Phi) is 5.73. The number of amides is 1. The molecule has 0 bridgehead atoms. The fourth-order valence-electron chi connectivity index (χ4n) is 2.36. The van der Waals surface area contributed by atoms with Gasteiger partial charge in [0, 0.05) is 23.6 Å². The number of carbonyl (C=O) groups is 1. The summed E-state index contributed by atoms with van der Waals surface area (Å²) >= 11 is 1.82. The Morgan fingerprint density at radius 2 is 2.35 bits per heavy atom. The molecule has 4 nitrogen and oxygen atoms in total. The first kappa shape index (κ1) is 15.2. The molecule has 1 aromatic carbocycles. The lowest BCUT2D eigenvalue weighted by atomic mass is 10.0. The lowest BCUT2D eigenvalue weighted by molar-refractivity contribution is -0.123. The molecular formula is C15H22N2O2S. The lowest BCUT2D eigenvalue weighted by Gasteiger charge is -2.26. The maximum atomic E-state index is 12.3. The number of para-hydroxylation sites is 1. The van der Waals surface area contributed by atoms with Crippen LogP contribution in [0.1, 0.15) is 24.9 Å². The molecule has 0 aliphatic carbocycles. The van der Waals surface area contributed by atoms with E-state index in [0.29, 0.717) is 0 Å². The first-order valence-corrected chi connectivity index (χ1v) is 8.16. The predicted octanol–water partition coefficient (Wildman–Crippen LogP) is 1.97. The molecule has 1 fully saturated rings. The maximum absolute atomic E-state index is 12.3. The van der Waals surface area contributed by atoms with Gasteiger partial charge in [-0.1, -0.05) is 25.1 Å². The number of methoxy groups -OCH3 is 1. The molecule has 1 aliphatic heterocycles. The molecule has 1 aliphatic rings. The molecule has 0 aromatic heterocycles. The molecule has 2 rings (SSSR count). The number of benzene rings is 1. The zero-order valence-electron chi connectivity index (χ0n) is 12.0. The van der Waals surface area contributed by atoms with Gasteiger partial charge in [0.1, 0.15) is 5.75 Å². The number of thioether (sulfide) groups is 1. The SMILES string of the molecule is CCC(NC(=O)C1CSCCN1)c1ccccc1OC. The van der Waals surface area contributed by atoms with Gasteiger partial charge in [0.15, 0.2) is 0 Å². The highest BCUT2D eigenvalue weighted by Crippen LogP contribution is 2.27. The van der Waals surface area contributed by atoms with E-state index in [-0.39, 0.29) is 18.0 Å². The van der Waals surface area contributed by atoms with Crippen molar-refractivity contribution in [1.82, 2.24) is 10.6 Å². The van der Waals surface area contributed by atoms with Crippen LogP contribution in [0.5, 0.6) is 5.75 Å². The lowest BCUT2D eigenvalue weighted by Crippen LogP contribution is -2.49. The minimum atomic E-state index is -0.0856. The van der Waals surface area contributed by atoms with Gasteiger partial charge in [0.25, 0.3) is 0 Å². The van der Waals surface area contributed by atoms with E-state index in [1.165, 1.54) is 0 Å². The van der Waals surface area contributed by atoms with E-state index in [1.54, 1.807) is 7.11 Å². The average Bonchev–Trinajstić information content (AvgIpc) is 2.53. The average molecular weight is 294 g/mol. The fourth-order valence-corrected chi connectivity index (χ4v) is 3.29. The smallest absolute Gasteiger partial charge is 0.238 e. The van der Waals surface area contributed by atoms with Crippen LogP contribution in [0.3, 0.4) is 0 Å². The quantitative estimate of drug-likeness (QED) is 0.872. The molecular weight excluding hydrogens is 272 g/mol. The Balaban J connectivity index is 2.06. The van der Waals surface area contributed by atoms with Crippen LogP contribution >= 0.6 is 11.8 Å². The van der Waals surface area contributed by atoms with Crippen LogP contribution in [0.15, 0.2) is 24.3 Å². The highest BCUT2D eigenvalue weighted by Gasteiger charge is 2.24. The Hall–Kier alpha value is -1.20. The summed E-state index contributed by atoms with van der Waals surface area (Å²) < 4.78 is 5.38. The normalized spacial score (nSPS) is 20.2. The summed E-state index contributed by atoms with van der Waals surface area (Å²) in [6.45, 7) is 2.97. The summed E-state index contributed by atoms with van der Waals surface area (Å²) in [6, 6.07) is 7.76. The molecule has 1 saturated heterocycles. The summed E-state index contributed by atoms with van der Waals surface area (Å²) in [5.74, 6) is 2.82. The first-order chi connectivity index (χ1) is 9.76. The van der Waals surface area contributed by atoms with Crippen molar-refractivity contribution >= 4 is 17.7 Å². The van der Waals surface area contributed by atoms with Crippen molar-refractivity contribution in [3.8, 4) is 5.75 Å². The molecule has 0 radical (unpaired) electrons. The van der Waals surface area contributed by atoms with Gasteiger partial charge in [-0.2, -0.15) is 11.8 Å². The van der Waals surface area contributed by atoms with Crippen LogP contribution in [0.2, 0.25) is 0 Å². The van der Waals surface area contributed by atoms with Gasteiger partial charge < -0.3 is 15.4 Å². The third-order valence-electron chi connectivity index (χ3n) is 3.48. The molecule has 2 N–H and O–H groups in total. The number of ether oxygens (including phenoxy) is 1. The number of carbonyl (C=O) groups excluding carboxylic acids is 1. The largest absolute Gasteiger partial charge is 0.496 e. The van der Waals surface area contributed by atoms with Crippen molar-refractivity contribution in [2.45, 2.75) is 25.4 Å². The van der Waals surface area contributed by atoms with Gasteiger partial charge in [-0.15, -0.1) is 0 Å². The second kappa shape index (κ2) is 7.55. The summed E-state index contributed by atoms with van der Waals surface area (Å²) in [4.78, 5) is 12.3. The predicted molar refractivity (Wildman–Crippen MR) is 83.3 cm³/mol. The molecule has 2 unspecified atom stereocenters. The zero-order chi connectivity index (χ0) is 14.4. The van der Waals surface area contributed by atoms with Gasteiger partial charge in [-0.05, 0) is 12.5 Å². The first-order valence-electron chi connectivity index (χ1n) is 7.00. The maximum Gasteiger partial charge on any atom is 0.238 e. The highest BCUT2D eigenvalue weighted by atomic mass is 32.2. The monoisotopic (exact) mass is 294 g/mol. The van der Waals surface area contributed by atoms with Crippen LogP contribution in [0.4, 0.5) is 0 Å². The molecule has 1 aromatic rings. The highest BCUT2D eigenvalue weighted by molar-refractivity contribution is 7.99. The van der Waals surface area contributed by atoms with Crippen LogP contribution in [-0.2, 0) is 4.79 Å². The van der Waals surface area contributed by atoms with Crippen LogP contribution in [0, 0.1) is 0 Å². The third-order valence-corrected chi connectivity index (χ3v) is 4.54. The number of hydrogen-bond donors (Lipinski definition) is 2. The minimum Gasteiger partial charge on any atom is -0.496 e. The van der Waals surface area contributed by atoms with Crippen LogP contribution in [0.25, 0.3) is 0 Å². The molecule has 1 amide bonds. The summed E-state index contributed by atoms with van der Waals surface area (Å²) in [6.07, 6.45) is 0.839. The summed E-state index contributed by atoms with van der Waals surface area (Å²) in [7, 11) is 1.66. The second-order valence-corrected chi connectivity index (χ2v) is 5.94. The van der Waals surface area contributed by atoms with E-state index < -0.39 is 0 Å². The molecule has 2 atom stereocenters. The second-order valence-electron chi connectivity index (χ2n) is 4.79. The van der Waals surface area contributed by atoms with E-state index in [1.807, 2.05) is 36.0 Å². The Morgan fingerprint density at radius 3 is 3.00 bits per heavy atom. The van der Waals surface area contributed by atoms with Gasteiger partial charge >= 0.3 is 0 Å². The van der Waals surface area contributed by atoms with Crippen molar-refractivity contribution in [3.63, 3.8) is 0 Å². The molecule has 20 heavy (non-hydrogen) atoms. The van der Waals surface area contributed by atoms with E-state index in [2.05, 4.69) is 17.6 Å². The molecule has 0 spiro atoms. The fraction of sp³-hybridized carbons (Fsp3) is 0.533. The van der Waals surface area contributed by atoms with Crippen LogP contribution in [-0.4, -0.2) is 37.1 Å². The van der Waals surface area contributed by atoms with Crippen molar-refractivity contribution in [1.29, 1.82) is 0 Å². The van der Waals surface area contributed by atoms with E-state index >= 15 is 0 Å². The van der Waals surface area contributed by atoms with E-state index in [9.17, 15) is 4.79 Å². The van der Waals surface area contributed by atoms with Gasteiger partial charge in [-0.25, -0.2) is 0 Å². The topological polar surface area (TPSA) is 50.4 Å².